The van der Waals surface area contributed by atoms with E-state index in [4.69, 9.17) is 24.9 Å². The number of methoxy groups -OCH3 is 3. The number of nitrogens with two attached hydrogens (primary N) is 1. The first-order valence-corrected chi connectivity index (χ1v) is 9.06. The van der Waals surface area contributed by atoms with Crippen LogP contribution in [-0.4, -0.2) is 35.9 Å². The second kappa shape index (κ2) is 7.35. The number of anilines is 1. The molecule has 148 valence electrons. The molecule has 2 aromatic heterocycles. The van der Waals surface area contributed by atoms with Crippen LogP contribution < -0.4 is 19.9 Å². The predicted octanol–water partition coefficient (Wildman–Crippen LogP) is 4.00. The monoisotopic (exact) mass is 390 g/mol. The van der Waals surface area contributed by atoms with Gasteiger partial charge in [-0.25, -0.2) is 9.97 Å². The summed E-state index contributed by atoms with van der Waals surface area (Å²) in [6.45, 7) is 1.98. The van der Waals surface area contributed by atoms with Crippen LogP contribution in [0.4, 0.5) is 5.69 Å². The molecule has 0 atom stereocenters. The van der Waals surface area contributed by atoms with Crippen molar-refractivity contribution in [2.45, 2.75) is 6.92 Å². The van der Waals surface area contributed by atoms with Gasteiger partial charge in [-0.2, -0.15) is 0 Å². The van der Waals surface area contributed by atoms with Gasteiger partial charge < -0.3 is 19.9 Å². The highest BCUT2D eigenvalue weighted by Gasteiger charge is 2.16. The number of aryl methyl sites for hydroxylation is 1. The summed E-state index contributed by atoms with van der Waals surface area (Å²) >= 11 is 0. The van der Waals surface area contributed by atoms with Gasteiger partial charge in [-0.05, 0) is 30.7 Å². The van der Waals surface area contributed by atoms with E-state index in [2.05, 4.69) is 4.98 Å². The van der Waals surface area contributed by atoms with E-state index in [9.17, 15) is 0 Å². The van der Waals surface area contributed by atoms with Gasteiger partial charge in [0.25, 0.3) is 0 Å². The first kappa shape index (κ1) is 18.6. The van der Waals surface area contributed by atoms with Gasteiger partial charge in [0.1, 0.15) is 11.8 Å². The van der Waals surface area contributed by atoms with Crippen LogP contribution in [-0.2, 0) is 0 Å². The Bertz CT molecular complexity index is 1180. The van der Waals surface area contributed by atoms with Crippen LogP contribution in [0.2, 0.25) is 0 Å². The van der Waals surface area contributed by atoms with E-state index in [1.807, 2.05) is 54.0 Å². The molecule has 0 unspecified atom stereocenters. The maximum absolute atomic E-state index is 6.08. The number of imidazole rings is 1. The van der Waals surface area contributed by atoms with Crippen molar-refractivity contribution in [3.05, 3.63) is 54.4 Å². The summed E-state index contributed by atoms with van der Waals surface area (Å²) in [4.78, 5) is 9.32. The Morgan fingerprint density at radius 1 is 0.897 bits per heavy atom. The van der Waals surface area contributed by atoms with Crippen molar-refractivity contribution < 1.29 is 14.2 Å². The molecule has 0 amide bonds. The standard InChI is InChI=1S/C22H22N4O3/c1-13-5-6-14(9-16(13)23)17-7-8-18-22(25-17)26(12-24-18)15-10-19(27-2)21(29-4)20(11-15)28-3/h5-12H,23H2,1-4H3. The fourth-order valence-electron chi connectivity index (χ4n) is 3.25. The number of fused-ring (bicyclic) bond motifs is 1. The predicted molar refractivity (Wildman–Crippen MR) is 113 cm³/mol. The molecule has 0 spiro atoms. The minimum Gasteiger partial charge on any atom is -0.493 e. The molecule has 29 heavy (non-hydrogen) atoms. The lowest BCUT2D eigenvalue weighted by atomic mass is 10.1. The molecule has 0 aliphatic carbocycles. The Morgan fingerprint density at radius 2 is 1.62 bits per heavy atom. The van der Waals surface area contributed by atoms with Crippen LogP contribution in [0.5, 0.6) is 17.2 Å². The van der Waals surface area contributed by atoms with Crippen LogP contribution in [0, 0.1) is 6.92 Å². The molecular weight excluding hydrogens is 368 g/mol. The molecule has 2 N–H and O–H groups in total. The lowest BCUT2D eigenvalue weighted by Gasteiger charge is -2.14. The molecule has 0 radical (unpaired) electrons. The van der Waals surface area contributed by atoms with Gasteiger partial charge >= 0.3 is 0 Å². The third-order valence-corrected chi connectivity index (χ3v) is 4.90. The summed E-state index contributed by atoms with van der Waals surface area (Å²) in [5, 5.41) is 0. The molecule has 7 heteroatoms. The number of nitrogens with zero attached hydrogens (tertiary/aromatic N) is 3. The zero-order valence-corrected chi connectivity index (χ0v) is 16.8. The Balaban J connectivity index is 1.88. The Kier molecular flexibility index (Phi) is 4.72. The maximum Gasteiger partial charge on any atom is 0.203 e. The van der Waals surface area contributed by atoms with Crippen molar-refractivity contribution in [3.8, 4) is 34.2 Å². The largest absolute Gasteiger partial charge is 0.493 e. The molecule has 4 aromatic rings. The highest BCUT2D eigenvalue weighted by molar-refractivity contribution is 5.78. The quantitative estimate of drug-likeness (QED) is 0.519. The number of hydrogen-bond acceptors (Lipinski definition) is 6. The number of pyridine rings is 1. The van der Waals surface area contributed by atoms with Crippen molar-refractivity contribution in [2.24, 2.45) is 0 Å². The lowest BCUT2D eigenvalue weighted by molar-refractivity contribution is 0.324. The number of nitrogen functional groups attached to an aromatic ring is 1. The number of hydrogen-bond donors (Lipinski definition) is 1. The Hall–Kier alpha value is -3.74. The summed E-state index contributed by atoms with van der Waals surface area (Å²) in [5.41, 5.74) is 11.9. The van der Waals surface area contributed by atoms with Gasteiger partial charge in [-0.15, -0.1) is 0 Å². The molecular formula is C22H22N4O3. The zero-order valence-electron chi connectivity index (χ0n) is 16.8. The van der Waals surface area contributed by atoms with E-state index in [1.54, 1.807) is 27.7 Å². The first-order chi connectivity index (χ1) is 14.0. The highest BCUT2D eigenvalue weighted by Crippen LogP contribution is 2.39. The number of benzene rings is 2. The minimum atomic E-state index is 0.534. The molecule has 4 rings (SSSR count). The second-order valence-corrected chi connectivity index (χ2v) is 6.61. The van der Waals surface area contributed by atoms with Gasteiger partial charge in [-0.1, -0.05) is 12.1 Å². The molecule has 0 aliphatic rings. The van der Waals surface area contributed by atoms with Crippen LogP contribution in [0.3, 0.4) is 0 Å². The smallest absolute Gasteiger partial charge is 0.203 e. The van der Waals surface area contributed by atoms with Crippen LogP contribution in [0.15, 0.2) is 48.8 Å². The average Bonchev–Trinajstić information content (AvgIpc) is 3.17. The van der Waals surface area contributed by atoms with Crippen molar-refractivity contribution in [2.75, 3.05) is 27.1 Å². The van der Waals surface area contributed by atoms with E-state index in [1.165, 1.54) is 0 Å². The lowest BCUT2D eigenvalue weighted by Crippen LogP contribution is -2.00. The number of rotatable bonds is 5. The van der Waals surface area contributed by atoms with Crippen molar-refractivity contribution in [1.82, 2.24) is 14.5 Å². The van der Waals surface area contributed by atoms with Crippen LogP contribution in [0.1, 0.15) is 5.56 Å². The summed E-state index contributed by atoms with van der Waals surface area (Å²) in [5.74, 6) is 1.66. The Labute approximate surface area is 168 Å². The SMILES string of the molecule is COc1cc(-n2cnc3ccc(-c4ccc(C)c(N)c4)nc32)cc(OC)c1OC. The molecule has 0 saturated carbocycles. The summed E-state index contributed by atoms with van der Waals surface area (Å²) in [7, 11) is 4.75. The fourth-order valence-corrected chi connectivity index (χ4v) is 3.25. The summed E-state index contributed by atoms with van der Waals surface area (Å²) in [6.07, 6.45) is 1.73. The van der Waals surface area contributed by atoms with Crippen molar-refractivity contribution >= 4 is 16.9 Å². The topological polar surface area (TPSA) is 84.4 Å². The van der Waals surface area contributed by atoms with E-state index in [-0.39, 0.29) is 0 Å². The first-order valence-electron chi connectivity index (χ1n) is 9.06. The van der Waals surface area contributed by atoms with E-state index >= 15 is 0 Å². The Morgan fingerprint density at radius 3 is 2.24 bits per heavy atom. The molecule has 7 nitrogen and oxygen atoms in total. The minimum absolute atomic E-state index is 0.534. The van der Waals surface area contributed by atoms with Gasteiger partial charge in [0, 0.05) is 23.4 Å². The van der Waals surface area contributed by atoms with Gasteiger partial charge in [0.05, 0.1) is 32.7 Å². The second-order valence-electron chi connectivity index (χ2n) is 6.61. The molecule has 2 heterocycles. The third-order valence-electron chi connectivity index (χ3n) is 4.90. The number of ether oxygens (including phenoxy) is 3. The van der Waals surface area contributed by atoms with Crippen molar-refractivity contribution in [1.29, 1.82) is 0 Å². The highest BCUT2D eigenvalue weighted by atomic mass is 16.5. The average molecular weight is 390 g/mol. The molecule has 0 saturated heterocycles. The molecule has 0 bridgehead atoms. The van der Waals surface area contributed by atoms with E-state index < -0.39 is 0 Å². The van der Waals surface area contributed by atoms with Crippen molar-refractivity contribution in [3.63, 3.8) is 0 Å². The van der Waals surface area contributed by atoms with E-state index in [0.29, 0.717) is 17.2 Å². The van der Waals surface area contributed by atoms with Gasteiger partial charge in [0.2, 0.25) is 5.75 Å². The van der Waals surface area contributed by atoms with E-state index in [0.717, 1.165) is 39.4 Å². The van der Waals surface area contributed by atoms with Gasteiger partial charge in [-0.3, -0.25) is 4.57 Å². The number of aromatic nitrogens is 3. The third kappa shape index (κ3) is 3.20. The fraction of sp³-hybridized carbons (Fsp3) is 0.182. The van der Waals surface area contributed by atoms with Gasteiger partial charge in [0.15, 0.2) is 17.1 Å². The molecule has 0 aliphatic heterocycles. The molecule has 0 fully saturated rings. The summed E-state index contributed by atoms with van der Waals surface area (Å²) in [6, 6.07) is 13.6. The van der Waals surface area contributed by atoms with Crippen LogP contribution >= 0.6 is 0 Å². The normalized spacial score (nSPS) is 10.9. The zero-order chi connectivity index (χ0) is 20.5. The van der Waals surface area contributed by atoms with Crippen LogP contribution in [0.25, 0.3) is 28.1 Å². The molecule has 2 aromatic carbocycles. The summed E-state index contributed by atoms with van der Waals surface area (Å²) < 4.78 is 18.3. The maximum atomic E-state index is 6.08.